The number of likely N-dealkylation sites (N-methyl/N-ethyl adjacent to an activating group) is 1. The average molecular weight is 384 g/mol. The molecule has 1 amide bonds. The molecule has 138 valence electrons. The van der Waals surface area contributed by atoms with E-state index in [-0.39, 0.29) is 17.1 Å². The lowest BCUT2D eigenvalue weighted by atomic mass is 9.98. The van der Waals surface area contributed by atoms with Crippen molar-refractivity contribution in [2.45, 2.75) is 6.04 Å². The average Bonchev–Trinajstić information content (AvgIpc) is 2.93. The number of nitrogens with zero attached hydrogens (tertiary/aromatic N) is 1. The lowest BCUT2D eigenvalue weighted by Crippen LogP contribution is -3.06. The van der Waals surface area contributed by atoms with Crippen LogP contribution in [0.2, 0.25) is 5.02 Å². The smallest absolute Gasteiger partial charge is 0.291 e. The predicted octanol–water partition coefficient (Wildman–Crippen LogP) is 2.14. The standard InChI is InChI=1S/C21H19ClN2O3/c1-23(2)11-12-24-18(13-7-9-14(22)10-8-13)17-19(25)15-5-3-4-6-16(15)27-20(17)21(24)26/h3-10,18H,11-12H2,1-2H3/p+1/t18-/m0/s1. The molecule has 0 unspecified atom stereocenters. The Morgan fingerprint density at radius 3 is 2.48 bits per heavy atom. The van der Waals surface area contributed by atoms with Crippen LogP contribution in [0, 0.1) is 0 Å². The molecule has 0 radical (unpaired) electrons. The summed E-state index contributed by atoms with van der Waals surface area (Å²) < 4.78 is 5.89. The van der Waals surface area contributed by atoms with Crippen molar-refractivity contribution in [3.8, 4) is 0 Å². The zero-order valence-electron chi connectivity index (χ0n) is 15.2. The van der Waals surface area contributed by atoms with E-state index in [9.17, 15) is 9.59 Å². The first-order chi connectivity index (χ1) is 13.0. The van der Waals surface area contributed by atoms with Gasteiger partial charge in [-0.1, -0.05) is 35.9 Å². The van der Waals surface area contributed by atoms with Crippen molar-refractivity contribution in [3.05, 3.63) is 80.7 Å². The third-order valence-corrected chi connectivity index (χ3v) is 5.16. The zero-order valence-corrected chi connectivity index (χ0v) is 15.9. The normalized spacial score (nSPS) is 16.4. The molecule has 0 spiro atoms. The summed E-state index contributed by atoms with van der Waals surface area (Å²) in [6.07, 6.45) is 0. The van der Waals surface area contributed by atoms with Gasteiger partial charge in [0, 0.05) is 5.02 Å². The molecule has 0 saturated carbocycles. The van der Waals surface area contributed by atoms with Crippen LogP contribution in [0.5, 0.6) is 0 Å². The molecule has 0 saturated heterocycles. The predicted molar refractivity (Wildman–Crippen MR) is 104 cm³/mol. The number of nitrogens with one attached hydrogen (secondary N) is 1. The molecule has 1 aliphatic heterocycles. The molecule has 1 atom stereocenters. The van der Waals surface area contributed by atoms with E-state index >= 15 is 0 Å². The number of hydrogen-bond donors (Lipinski definition) is 1. The quantitative estimate of drug-likeness (QED) is 0.751. The van der Waals surface area contributed by atoms with Crippen LogP contribution in [0.25, 0.3) is 11.0 Å². The van der Waals surface area contributed by atoms with E-state index in [1.165, 1.54) is 4.90 Å². The summed E-state index contributed by atoms with van der Waals surface area (Å²) in [6.45, 7) is 1.28. The van der Waals surface area contributed by atoms with Gasteiger partial charge in [-0.2, -0.15) is 0 Å². The molecule has 0 aliphatic carbocycles. The molecule has 2 aromatic carbocycles. The summed E-state index contributed by atoms with van der Waals surface area (Å²) in [5, 5.41) is 1.10. The Hall–Kier alpha value is -2.63. The molecule has 27 heavy (non-hydrogen) atoms. The van der Waals surface area contributed by atoms with E-state index in [4.69, 9.17) is 16.0 Å². The van der Waals surface area contributed by atoms with Gasteiger partial charge in [0.2, 0.25) is 5.76 Å². The van der Waals surface area contributed by atoms with Crippen molar-refractivity contribution in [1.29, 1.82) is 0 Å². The Morgan fingerprint density at radius 1 is 1.07 bits per heavy atom. The zero-order chi connectivity index (χ0) is 19.1. The fourth-order valence-corrected chi connectivity index (χ4v) is 3.66. The molecule has 2 heterocycles. The highest BCUT2D eigenvalue weighted by Gasteiger charge is 2.42. The minimum absolute atomic E-state index is 0.146. The van der Waals surface area contributed by atoms with Crippen LogP contribution < -0.4 is 10.3 Å². The molecular formula is C21H20ClN2O3+. The maximum absolute atomic E-state index is 13.2. The number of para-hydroxylation sites is 1. The van der Waals surface area contributed by atoms with Gasteiger partial charge in [-0.05, 0) is 29.8 Å². The number of halogens is 1. The number of rotatable bonds is 4. The largest absolute Gasteiger partial charge is 0.450 e. The first-order valence-electron chi connectivity index (χ1n) is 8.88. The van der Waals surface area contributed by atoms with Crippen LogP contribution >= 0.6 is 11.6 Å². The number of benzene rings is 2. The Kier molecular flexibility index (Phi) is 4.50. The van der Waals surface area contributed by atoms with E-state index in [0.717, 1.165) is 12.1 Å². The molecule has 5 nitrogen and oxygen atoms in total. The van der Waals surface area contributed by atoms with Gasteiger partial charge in [-0.15, -0.1) is 0 Å². The van der Waals surface area contributed by atoms with Gasteiger partial charge in [0.1, 0.15) is 5.58 Å². The topological polar surface area (TPSA) is 55.0 Å². The molecule has 0 bridgehead atoms. The van der Waals surface area contributed by atoms with Crippen molar-refractivity contribution in [2.75, 3.05) is 27.2 Å². The third-order valence-electron chi connectivity index (χ3n) is 4.91. The van der Waals surface area contributed by atoms with Crippen LogP contribution in [0.3, 0.4) is 0 Å². The van der Waals surface area contributed by atoms with E-state index < -0.39 is 6.04 Å². The van der Waals surface area contributed by atoms with E-state index in [0.29, 0.717) is 28.1 Å². The summed E-state index contributed by atoms with van der Waals surface area (Å²) in [5.74, 6) is -0.0959. The van der Waals surface area contributed by atoms with Crippen molar-refractivity contribution in [3.63, 3.8) is 0 Å². The summed E-state index contributed by atoms with van der Waals surface area (Å²) in [6, 6.07) is 13.8. The molecule has 3 aromatic rings. The van der Waals surface area contributed by atoms with Gasteiger partial charge in [0.05, 0.1) is 44.2 Å². The number of quaternary nitrogens is 1. The van der Waals surface area contributed by atoms with Crippen molar-refractivity contribution in [1.82, 2.24) is 4.90 Å². The highest BCUT2D eigenvalue weighted by atomic mass is 35.5. The van der Waals surface area contributed by atoms with Crippen molar-refractivity contribution < 1.29 is 14.1 Å². The monoisotopic (exact) mass is 383 g/mol. The van der Waals surface area contributed by atoms with Crippen LogP contribution in [0.1, 0.15) is 27.7 Å². The molecule has 0 fully saturated rings. The third kappa shape index (κ3) is 3.03. The van der Waals surface area contributed by atoms with Crippen LogP contribution in [0.4, 0.5) is 0 Å². The van der Waals surface area contributed by atoms with Gasteiger partial charge < -0.3 is 14.2 Å². The van der Waals surface area contributed by atoms with Gasteiger partial charge >= 0.3 is 0 Å². The van der Waals surface area contributed by atoms with Gasteiger partial charge in [-0.3, -0.25) is 9.59 Å². The van der Waals surface area contributed by atoms with Crippen molar-refractivity contribution in [2.24, 2.45) is 0 Å². The molecule has 6 heteroatoms. The SMILES string of the molecule is C[NH+](C)CCN1C(=O)c2oc3ccccc3c(=O)c2[C@@H]1c1ccc(Cl)cc1. The molecule has 1 aliphatic rings. The minimum atomic E-state index is -0.468. The summed E-state index contributed by atoms with van der Waals surface area (Å²) in [4.78, 5) is 29.3. The fourth-order valence-electron chi connectivity index (χ4n) is 3.53. The maximum Gasteiger partial charge on any atom is 0.291 e. The van der Waals surface area contributed by atoms with Gasteiger partial charge in [0.25, 0.3) is 5.91 Å². The van der Waals surface area contributed by atoms with Gasteiger partial charge in [0.15, 0.2) is 5.43 Å². The Bertz CT molecular complexity index is 1070. The second-order valence-electron chi connectivity index (χ2n) is 7.08. The van der Waals surface area contributed by atoms with Gasteiger partial charge in [-0.25, -0.2) is 0 Å². The fraction of sp³-hybridized carbons (Fsp3) is 0.238. The number of hydrogen-bond acceptors (Lipinski definition) is 3. The highest BCUT2D eigenvalue weighted by molar-refractivity contribution is 6.30. The van der Waals surface area contributed by atoms with Crippen LogP contribution in [-0.2, 0) is 0 Å². The Balaban J connectivity index is 1.93. The van der Waals surface area contributed by atoms with E-state index in [2.05, 4.69) is 0 Å². The lowest BCUT2D eigenvalue weighted by molar-refractivity contribution is -0.857. The van der Waals surface area contributed by atoms with Crippen molar-refractivity contribution >= 4 is 28.5 Å². The second-order valence-corrected chi connectivity index (χ2v) is 7.52. The Labute approximate surface area is 161 Å². The summed E-state index contributed by atoms with van der Waals surface area (Å²) in [7, 11) is 4.06. The molecule has 4 rings (SSSR count). The van der Waals surface area contributed by atoms with Crippen LogP contribution in [0.15, 0.2) is 57.7 Å². The summed E-state index contributed by atoms with van der Waals surface area (Å²) >= 11 is 6.03. The number of carbonyl (C=O) groups excluding carboxylic acids is 1. The maximum atomic E-state index is 13.2. The second kappa shape index (κ2) is 6.83. The summed E-state index contributed by atoms with van der Waals surface area (Å²) in [5.41, 5.74) is 1.54. The number of fused-ring (bicyclic) bond motifs is 2. The molecule has 1 aromatic heterocycles. The molecular weight excluding hydrogens is 364 g/mol. The number of carbonyl (C=O) groups is 1. The minimum Gasteiger partial charge on any atom is -0.450 e. The van der Waals surface area contributed by atoms with Crippen LogP contribution in [-0.4, -0.2) is 38.0 Å². The Morgan fingerprint density at radius 2 is 1.78 bits per heavy atom. The van der Waals surface area contributed by atoms with E-state index in [1.54, 1.807) is 41.3 Å². The van der Waals surface area contributed by atoms with E-state index in [1.807, 2.05) is 26.2 Å². The molecule has 1 N–H and O–H groups in total. The first kappa shape index (κ1) is 17.8. The first-order valence-corrected chi connectivity index (χ1v) is 9.26. The lowest BCUT2D eigenvalue weighted by Gasteiger charge is -2.25. The highest BCUT2D eigenvalue weighted by Crippen LogP contribution is 2.38. The number of amides is 1.